The number of hydrogen-bond acceptors (Lipinski definition) is 5. The van der Waals surface area contributed by atoms with Gasteiger partial charge >= 0.3 is 12.2 Å². The maximum Gasteiger partial charge on any atom is 0.407 e. The van der Waals surface area contributed by atoms with Crippen LogP contribution in [0.2, 0.25) is 0 Å². The first-order valence-corrected chi connectivity index (χ1v) is 8.54. The Hall–Kier alpha value is -1.54. The molecule has 138 valence electrons. The monoisotopic (exact) mass is 343 g/mol. The number of amides is 2. The summed E-state index contributed by atoms with van der Waals surface area (Å²) >= 11 is 0. The number of piperazine rings is 1. The second-order valence-corrected chi connectivity index (χ2v) is 7.42. The van der Waals surface area contributed by atoms with Gasteiger partial charge in [-0.15, -0.1) is 0 Å². The molecule has 0 spiro atoms. The average molecular weight is 343 g/mol. The minimum Gasteiger partial charge on any atom is -0.465 e. The van der Waals surface area contributed by atoms with Gasteiger partial charge in [-0.3, -0.25) is 4.90 Å². The molecule has 0 aromatic carbocycles. The highest BCUT2D eigenvalue weighted by Crippen LogP contribution is 2.23. The van der Waals surface area contributed by atoms with Crippen LogP contribution >= 0.6 is 0 Å². The molecule has 0 aromatic rings. The molecule has 2 aliphatic rings. The van der Waals surface area contributed by atoms with Crippen LogP contribution in [0.25, 0.3) is 0 Å². The van der Waals surface area contributed by atoms with Crippen LogP contribution in [0.3, 0.4) is 0 Å². The summed E-state index contributed by atoms with van der Waals surface area (Å²) in [5.41, 5.74) is -0.478. The second-order valence-electron chi connectivity index (χ2n) is 7.42. The van der Waals surface area contributed by atoms with E-state index < -0.39 is 11.7 Å². The van der Waals surface area contributed by atoms with Gasteiger partial charge in [0, 0.05) is 38.8 Å². The van der Waals surface area contributed by atoms with Crippen molar-refractivity contribution in [2.45, 2.75) is 51.4 Å². The van der Waals surface area contributed by atoms with Crippen LogP contribution < -0.4 is 5.32 Å². The summed E-state index contributed by atoms with van der Waals surface area (Å²) in [6.07, 6.45) is 0.592. The fourth-order valence-electron chi connectivity index (χ4n) is 2.81. The maximum atomic E-state index is 11.6. The lowest BCUT2D eigenvalue weighted by Crippen LogP contribution is -2.51. The molecule has 0 unspecified atom stereocenters. The Morgan fingerprint density at radius 3 is 2.33 bits per heavy atom. The van der Waals surface area contributed by atoms with Crippen LogP contribution in [-0.2, 0) is 9.47 Å². The predicted molar refractivity (Wildman–Crippen MR) is 88.2 cm³/mol. The molecule has 1 heterocycles. The number of carbonyl (C=O) groups is 2. The van der Waals surface area contributed by atoms with Crippen molar-refractivity contribution in [3.05, 3.63) is 0 Å². The lowest BCUT2D eigenvalue weighted by atomic mass is 9.89. The van der Waals surface area contributed by atoms with E-state index in [9.17, 15) is 9.59 Å². The summed E-state index contributed by atoms with van der Waals surface area (Å²) in [6, 6.07) is 0.129. The van der Waals surface area contributed by atoms with Crippen molar-refractivity contribution in [3.63, 3.8) is 0 Å². The lowest BCUT2D eigenvalue weighted by molar-refractivity contribution is -0.0294. The smallest absolute Gasteiger partial charge is 0.407 e. The first-order chi connectivity index (χ1) is 11.2. The van der Waals surface area contributed by atoms with Gasteiger partial charge in [-0.05, 0) is 33.6 Å². The molecule has 2 fully saturated rings. The molecule has 1 saturated heterocycles. The van der Waals surface area contributed by atoms with Gasteiger partial charge in [0.1, 0.15) is 5.60 Å². The number of alkyl carbamates (subject to hydrolysis) is 1. The van der Waals surface area contributed by atoms with E-state index >= 15 is 0 Å². The van der Waals surface area contributed by atoms with E-state index in [0.29, 0.717) is 19.7 Å². The lowest BCUT2D eigenvalue weighted by Gasteiger charge is -2.37. The first-order valence-electron chi connectivity index (χ1n) is 8.54. The summed E-state index contributed by atoms with van der Waals surface area (Å²) in [6.45, 7) is 9.60. The number of carboxylic acid groups (broad SMARTS) is 1. The molecule has 0 atom stereocenters. The van der Waals surface area contributed by atoms with E-state index in [1.54, 1.807) is 0 Å². The van der Waals surface area contributed by atoms with Gasteiger partial charge in [-0.2, -0.15) is 0 Å². The van der Waals surface area contributed by atoms with E-state index in [-0.39, 0.29) is 18.2 Å². The number of rotatable bonds is 5. The van der Waals surface area contributed by atoms with E-state index in [1.807, 2.05) is 20.8 Å². The second kappa shape index (κ2) is 8.02. The number of hydrogen-bond donors (Lipinski definition) is 2. The minimum absolute atomic E-state index is 0.129. The van der Waals surface area contributed by atoms with Crippen LogP contribution in [0.15, 0.2) is 0 Å². The van der Waals surface area contributed by atoms with Crippen LogP contribution in [0.1, 0.15) is 33.6 Å². The molecule has 8 heteroatoms. The Bertz CT molecular complexity index is 437. The highest BCUT2D eigenvalue weighted by molar-refractivity contribution is 5.68. The van der Waals surface area contributed by atoms with Crippen molar-refractivity contribution < 1.29 is 24.2 Å². The zero-order chi connectivity index (χ0) is 17.7. The molecule has 2 rings (SSSR count). The number of nitrogens with zero attached hydrogens (tertiary/aromatic N) is 2. The molecule has 2 N–H and O–H groups in total. The number of ether oxygens (including phenoxy) is 2. The zero-order valence-electron chi connectivity index (χ0n) is 14.8. The molecule has 1 aliphatic carbocycles. The van der Waals surface area contributed by atoms with E-state index in [0.717, 1.165) is 32.5 Å². The standard InChI is InChI=1S/C16H29N3O5/c1-16(2,3)24-14(20)17-12-10-13(11-12)23-9-8-18-4-6-19(7-5-18)15(21)22/h12-13H,4-11H2,1-3H3,(H,17,20)(H,21,22). The van der Waals surface area contributed by atoms with Crippen molar-refractivity contribution in [2.75, 3.05) is 39.3 Å². The van der Waals surface area contributed by atoms with Gasteiger partial charge in [0.05, 0.1) is 12.7 Å². The minimum atomic E-state index is -0.844. The fraction of sp³-hybridized carbons (Fsp3) is 0.875. The van der Waals surface area contributed by atoms with Gasteiger partial charge in [-0.25, -0.2) is 9.59 Å². The molecular weight excluding hydrogens is 314 g/mol. The SMILES string of the molecule is CC(C)(C)OC(=O)NC1CC(OCCN2CCN(C(=O)O)CC2)C1. The van der Waals surface area contributed by atoms with Gasteiger partial charge in [0.25, 0.3) is 0 Å². The first kappa shape index (κ1) is 18.8. The molecule has 0 aromatic heterocycles. The van der Waals surface area contributed by atoms with Crippen molar-refractivity contribution in [3.8, 4) is 0 Å². The Morgan fingerprint density at radius 1 is 1.17 bits per heavy atom. The van der Waals surface area contributed by atoms with Crippen molar-refractivity contribution in [2.24, 2.45) is 0 Å². The van der Waals surface area contributed by atoms with Gasteiger partial charge in [0.15, 0.2) is 0 Å². The Labute approximate surface area is 143 Å². The Balaban J connectivity index is 1.51. The molecular formula is C16H29N3O5. The molecule has 1 saturated carbocycles. The molecule has 0 radical (unpaired) electrons. The van der Waals surface area contributed by atoms with E-state index in [4.69, 9.17) is 14.6 Å². The summed E-state index contributed by atoms with van der Waals surface area (Å²) < 4.78 is 11.0. The topological polar surface area (TPSA) is 91.3 Å². The van der Waals surface area contributed by atoms with Gasteiger partial charge in [0.2, 0.25) is 0 Å². The number of carbonyl (C=O) groups excluding carboxylic acids is 1. The Morgan fingerprint density at radius 2 is 1.79 bits per heavy atom. The van der Waals surface area contributed by atoms with Crippen LogP contribution in [-0.4, -0.2) is 84.2 Å². The summed E-state index contributed by atoms with van der Waals surface area (Å²) in [4.78, 5) is 26.1. The van der Waals surface area contributed by atoms with E-state index in [2.05, 4.69) is 10.2 Å². The van der Waals surface area contributed by atoms with Crippen LogP contribution in [0.4, 0.5) is 9.59 Å². The van der Waals surface area contributed by atoms with Crippen LogP contribution in [0.5, 0.6) is 0 Å². The molecule has 8 nitrogen and oxygen atoms in total. The molecule has 0 bridgehead atoms. The third-order valence-corrected chi connectivity index (χ3v) is 4.22. The van der Waals surface area contributed by atoms with Gasteiger partial charge in [-0.1, -0.05) is 0 Å². The average Bonchev–Trinajstić information content (AvgIpc) is 2.43. The van der Waals surface area contributed by atoms with Crippen molar-refractivity contribution in [1.29, 1.82) is 0 Å². The molecule has 24 heavy (non-hydrogen) atoms. The van der Waals surface area contributed by atoms with Crippen LogP contribution in [0, 0.1) is 0 Å². The number of nitrogens with one attached hydrogen (secondary N) is 1. The Kier molecular flexibility index (Phi) is 6.28. The fourth-order valence-corrected chi connectivity index (χ4v) is 2.81. The highest BCUT2D eigenvalue weighted by atomic mass is 16.6. The third kappa shape index (κ3) is 6.16. The summed E-state index contributed by atoms with van der Waals surface area (Å²) in [7, 11) is 0. The van der Waals surface area contributed by atoms with Crippen molar-refractivity contribution in [1.82, 2.24) is 15.1 Å². The highest BCUT2D eigenvalue weighted by Gasteiger charge is 2.32. The normalized spacial score (nSPS) is 25.0. The largest absolute Gasteiger partial charge is 0.465 e. The van der Waals surface area contributed by atoms with Crippen molar-refractivity contribution >= 4 is 12.2 Å². The van der Waals surface area contributed by atoms with Gasteiger partial charge < -0.3 is 24.8 Å². The summed E-state index contributed by atoms with van der Waals surface area (Å²) in [5, 5.41) is 11.8. The quantitative estimate of drug-likeness (QED) is 0.783. The predicted octanol–water partition coefficient (Wildman–Crippen LogP) is 1.35. The maximum absolute atomic E-state index is 11.6. The molecule has 2 amide bonds. The van der Waals surface area contributed by atoms with E-state index in [1.165, 1.54) is 4.90 Å². The summed E-state index contributed by atoms with van der Waals surface area (Å²) in [5.74, 6) is 0. The molecule has 1 aliphatic heterocycles. The third-order valence-electron chi connectivity index (χ3n) is 4.22. The zero-order valence-corrected chi connectivity index (χ0v) is 14.8.